The van der Waals surface area contributed by atoms with Crippen molar-refractivity contribution in [1.29, 1.82) is 0 Å². The average Bonchev–Trinajstić information content (AvgIpc) is 3.94. The molecule has 3 aromatic heterocycles. The van der Waals surface area contributed by atoms with Crippen molar-refractivity contribution in [3.8, 4) is 16.9 Å². The van der Waals surface area contributed by atoms with Crippen LogP contribution in [0.3, 0.4) is 0 Å². The van der Waals surface area contributed by atoms with Crippen molar-refractivity contribution in [3.05, 3.63) is 125 Å². The highest BCUT2D eigenvalue weighted by molar-refractivity contribution is 7.22. The van der Waals surface area contributed by atoms with Gasteiger partial charge >= 0.3 is 5.97 Å². The van der Waals surface area contributed by atoms with Crippen molar-refractivity contribution in [1.82, 2.24) is 30.0 Å². The van der Waals surface area contributed by atoms with Crippen LogP contribution in [0, 0.1) is 18.8 Å². The number of nitrogens with one attached hydrogen (secondary N) is 3. The topological polar surface area (TPSA) is 201 Å². The Bertz CT molecular complexity index is 3200. The Kier molecular flexibility index (Phi) is 13.3. The predicted molar refractivity (Wildman–Crippen MR) is 273 cm³/mol. The number of aromatic carboxylic acids is 1. The zero-order valence-electron chi connectivity index (χ0n) is 39.9. The number of carboxylic acid groups (broad SMARTS) is 1. The summed E-state index contributed by atoms with van der Waals surface area (Å²) < 4.78 is 9.07. The number of nitrogens with zero attached hydrogens (tertiary/aromatic N) is 6. The molecule has 364 valence electrons. The molecular formula is C54H55N9O7S. The van der Waals surface area contributed by atoms with E-state index in [1.165, 1.54) is 11.3 Å². The molecule has 0 radical (unpaired) electrons. The van der Waals surface area contributed by atoms with Crippen molar-refractivity contribution in [2.24, 2.45) is 18.9 Å². The van der Waals surface area contributed by atoms with Crippen LogP contribution in [0.1, 0.15) is 88.2 Å². The lowest BCUT2D eigenvalue weighted by atomic mass is 9.84. The third-order valence-corrected chi connectivity index (χ3v) is 15.3. The number of likely N-dealkylation sites (tertiary alicyclic amines) is 1. The van der Waals surface area contributed by atoms with Crippen LogP contribution in [0.5, 0.6) is 5.75 Å². The number of fused-ring (bicyclic) bond motifs is 3. The fourth-order valence-corrected chi connectivity index (χ4v) is 11.3. The molecule has 0 aliphatic carbocycles. The van der Waals surface area contributed by atoms with Gasteiger partial charge in [0.05, 0.1) is 46.2 Å². The van der Waals surface area contributed by atoms with Crippen LogP contribution in [0.25, 0.3) is 32.2 Å². The van der Waals surface area contributed by atoms with Crippen LogP contribution in [0.4, 0.5) is 16.6 Å². The lowest BCUT2D eigenvalue weighted by molar-refractivity contribution is -0.134. The third kappa shape index (κ3) is 9.84. The van der Waals surface area contributed by atoms with Crippen LogP contribution >= 0.6 is 11.3 Å². The summed E-state index contributed by atoms with van der Waals surface area (Å²) in [5, 5.41) is 24.9. The number of thiazole rings is 1. The van der Waals surface area contributed by atoms with Crippen molar-refractivity contribution in [3.63, 3.8) is 0 Å². The third-order valence-electron chi connectivity index (χ3n) is 14.4. The maximum atomic E-state index is 13.6. The summed E-state index contributed by atoms with van der Waals surface area (Å²) in [5.74, 6) is -0.575. The smallest absolute Gasteiger partial charge is 0.355 e. The van der Waals surface area contributed by atoms with Gasteiger partial charge in [0.1, 0.15) is 11.6 Å². The first-order chi connectivity index (χ1) is 34.4. The largest absolute Gasteiger partial charge is 0.493 e. The average molecular weight is 974 g/mol. The highest BCUT2D eigenvalue weighted by Gasteiger charge is 2.33. The highest BCUT2D eigenvalue weighted by Crippen LogP contribution is 2.37. The van der Waals surface area contributed by atoms with Gasteiger partial charge in [0, 0.05) is 43.1 Å². The van der Waals surface area contributed by atoms with Gasteiger partial charge in [-0.3, -0.25) is 39.4 Å². The number of aromatic nitrogens is 4. The summed E-state index contributed by atoms with van der Waals surface area (Å²) in [5.41, 5.74) is 7.29. The number of hydrogen-bond acceptors (Lipinski definition) is 12. The molecule has 2 fully saturated rings. The molecule has 16 nitrogen and oxygen atoms in total. The molecule has 2 unspecified atom stereocenters. The van der Waals surface area contributed by atoms with Crippen molar-refractivity contribution in [2.75, 3.05) is 48.3 Å². The second kappa shape index (κ2) is 20.1. The monoisotopic (exact) mass is 973 g/mol. The highest BCUT2D eigenvalue weighted by atomic mass is 32.1. The minimum atomic E-state index is -1.13. The molecular weight excluding hydrogens is 919 g/mol. The number of ether oxygens (including phenoxy) is 1. The molecule has 71 heavy (non-hydrogen) atoms. The van der Waals surface area contributed by atoms with Crippen LogP contribution in [0.15, 0.2) is 91.0 Å². The SMILES string of the molecule is Cc1c(OCCC(C)C2CCN(CC(=O)Nc3cccc4c(C5CCC(=O)NC5=O)nn(C)c34)CC2)cccc1-c1ccc(N2CCc3cccc(C(=O)Nc4nc5ccccc5s4)c3C2)nc1C(=O)O. The van der Waals surface area contributed by atoms with E-state index in [1.54, 1.807) is 11.7 Å². The fourth-order valence-electron chi connectivity index (χ4n) is 10.5. The first-order valence-electron chi connectivity index (χ1n) is 24.2. The Morgan fingerprint density at radius 3 is 2.49 bits per heavy atom. The van der Waals surface area contributed by atoms with Crippen LogP contribution in [-0.2, 0) is 34.4 Å². The number of pyridine rings is 1. The normalized spacial score (nSPS) is 16.9. The Morgan fingerprint density at radius 1 is 0.887 bits per heavy atom. The molecule has 4 amide bonds. The molecule has 3 aliphatic rings. The standard InChI is InChI=1S/C54H55N9O7S/c1-31(33-21-25-62(26-22-33)30-47(65)55-42-14-7-12-38-48(60-61(3)50(38)42)39-18-20-46(64)58-52(39)67)24-28-70-43-15-8-10-35(32(43)2)36-17-19-45(57-49(36)53(68)69)63-27-23-34-9-6-11-37(40(34)29-63)51(66)59-54-56-41-13-4-5-16-44(41)71-54/h4-17,19,31,33,39H,18,20-30H2,1-3H3,(H,55,65)(H,68,69)(H,56,59,66)(H,58,64,67). The summed E-state index contributed by atoms with van der Waals surface area (Å²) in [6.45, 7) is 7.56. The van der Waals surface area contributed by atoms with Gasteiger partial charge in [-0.1, -0.05) is 66.8 Å². The molecule has 0 bridgehead atoms. The van der Waals surface area contributed by atoms with Crippen LogP contribution < -0.4 is 25.6 Å². The zero-order valence-corrected chi connectivity index (χ0v) is 40.7. The van der Waals surface area contributed by atoms with E-state index in [2.05, 4.69) is 37.9 Å². The number of rotatable bonds is 14. The number of imide groups is 1. The number of anilines is 3. The number of hydrogen-bond donors (Lipinski definition) is 4. The molecule has 17 heteroatoms. The molecule has 4 N–H and O–H groups in total. The van der Waals surface area contributed by atoms with Crippen LogP contribution in [0.2, 0.25) is 0 Å². The van der Waals surface area contributed by atoms with E-state index in [4.69, 9.17) is 9.72 Å². The molecule has 2 atom stereocenters. The van der Waals surface area contributed by atoms with Crippen molar-refractivity contribution < 1.29 is 33.8 Å². The van der Waals surface area contributed by atoms with Gasteiger partial charge in [0.25, 0.3) is 5.91 Å². The Balaban J connectivity index is 0.730. The lowest BCUT2D eigenvalue weighted by Crippen LogP contribution is -2.40. The number of aryl methyl sites for hydroxylation is 1. The Labute approximate surface area is 414 Å². The number of carbonyl (C=O) groups excluding carboxylic acids is 4. The minimum absolute atomic E-state index is 0.0562. The maximum absolute atomic E-state index is 13.6. The summed E-state index contributed by atoms with van der Waals surface area (Å²) in [7, 11) is 1.79. The maximum Gasteiger partial charge on any atom is 0.355 e. The predicted octanol–water partition coefficient (Wildman–Crippen LogP) is 8.34. The van der Waals surface area contributed by atoms with Crippen LogP contribution in [-0.4, -0.2) is 92.1 Å². The second-order valence-corrected chi connectivity index (χ2v) is 19.9. The molecule has 2 saturated heterocycles. The first kappa shape index (κ1) is 47.2. The summed E-state index contributed by atoms with van der Waals surface area (Å²) in [6.07, 6.45) is 4.08. The fraction of sp³-hybridized carbons (Fsp3) is 0.333. The van der Waals surface area contributed by atoms with Gasteiger partial charge in [0.15, 0.2) is 10.8 Å². The van der Waals surface area contributed by atoms with E-state index in [1.807, 2.05) is 103 Å². The summed E-state index contributed by atoms with van der Waals surface area (Å²) >= 11 is 1.43. The number of carboxylic acids is 1. The van der Waals surface area contributed by atoms with E-state index in [0.29, 0.717) is 83.6 Å². The van der Waals surface area contributed by atoms with Gasteiger partial charge in [-0.2, -0.15) is 5.10 Å². The van der Waals surface area contributed by atoms with E-state index < -0.39 is 11.9 Å². The molecule has 0 saturated carbocycles. The molecule has 6 heterocycles. The number of carbonyl (C=O) groups is 5. The number of piperidine rings is 2. The molecule has 10 rings (SSSR count). The number of benzene rings is 4. The van der Waals surface area contributed by atoms with E-state index in [-0.39, 0.29) is 42.3 Å². The quantitative estimate of drug-likeness (QED) is 0.0761. The van der Waals surface area contributed by atoms with E-state index in [9.17, 15) is 29.1 Å². The van der Waals surface area contributed by atoms with E-state index >= 15 is 0 Å². The minimum Gasteiger partial charge on any atom is -0.493 e. The van der Waals surface area contributed by atoms with Gasteiger partial charge in [-0.05, 0) is 129 Å². The number of para-hydroxylation sites is 2. The Morgan fingerprint density at radius 2 is 1.69 bits per heavy atom. The second-order valence-electron chi connectivity index (χ2n) is 18.8. The van der Waals surface area contributed by atoms with Gasteiger partial charge in [-0.25, -0.2) is 14.8 Å². The molecule has 4 aromatic carbocycles. The first-order valence-corrected chi connectivity index (χ1v) is 25.0. The molecule has 0 spiro atoms. The lowest BCUT2D eigenvalue weighted by Gasteiger charge is -2.34. The van der Waals surface area contributed by atoms with Gasteiger partial charge < -0.3 is 20.1 Å². The summed E-state index contributed by atoms with van der Waals surface area (Å²) in [6, 6.07) is 28.4. The molecule has 7 aromatic rings. The van der Waals surface area contributed by atoms with Gasteiger partial charge in [-0.15, -0.1) is 0 Å². The molecule has 3 aliphatic heterocycles. The van der Waals surface area contributed by atoms with Gasteiger partial charge in [0.2, 0.25) is 17.7 Å². The van der Waals surface area contributed by atoms with Crippen molar-refractivity contribution >= 4 is 78.7 Å². The van der Waals surface area contributed by atoms with Crippen molar-refractivity contribution in [2.45, 2.75) is 64.8 Å². The zero-order chi connectivity index (χ0) is 49.3. The Hall–Kier alpha value is -7.50. The van der Waals surface area contributed by atoms with E-state index in [0.717, 1.165) is 75.7 Å². The number of amides is 4. The summed E-state index contributed by atoms with van der Waals surface area (Å²) in [4.78, 5) is 77.8.